The molecule has 1 aromatic heterocycles. The number of benzene rings is 3. The smallest absolute Gasteiger partial charge is 0.343 e. The summed E-state index contributed by atoms with van der Waals surface area (Å²) in [5, 5.41) is 11.5. The zero-order valence-corrected chi connectivity index (χ0v) is 17.3. The summed E-state index contributed by atoms with van der Waals surface area (Å²) >= 11 is 1.61. The number of nitrogens with zero attached hydrogens (tertiary/aromatic N) is 1. The van der Waals surface area contributed by atoms with Gasteiger partial charge in [-0.05, 0) is 61.7 Å². The molecule has 0 fully saturated rings. The van der Waals surface area contributed by atoms with Gasteiger partial charge < -0.3 is 9.84 Å². The molecular formula is C24H21NO3S. The molecular weight excluding hydrogens is 382 g/mol. The second kappa shape index (κ2) is 7.68. The van der Waals surface area contributed by atoms with Gasteiger partial charge in [0, 0.05) is 12.0 Å². The molecule has 0 spiro atoms. The van der Waals surface area contributed by atoms with E-state index in [-0.39, 0.29) is 5.75 Å². The maximum Gasteiger partial charge on any atom is 0.343 e. The normalized spacial score (nSPS) is 11.0. The van der Waals surface area contributed by atoms with E-state index in [0.29, 0.717) is 28.9 Å². The number of esters is 1. The average Bonchev–Trinajstić information content (AvgIpc) is 3.16. The number of aromatic nitrogens is 1. The summed E-state index contributed by atoms with van der Waals surface area (Å²) in [6, 6.07) is 16.9. The summed E-state index contributed by atoms with van der Waals surface area (Å²) in [4.78, 5) is 17.4. The van der Waals surface area contributed by atoms with Crippen LogP contribution in [-0.4, -0.2) is 16.1 Å². The van der Waals surface area contributed by atoms with Gasteiger partial charge in [0.1, 0.15) is 11.5 Å². The lowest BCUT2D eigenvalue weighted by atomic mass is 9.95. The third-order valence-corrected chi connectivity index (χ3v) is 6.25. The first-order valence-corrected chi connectivity index (χ1v) is 10.2. The fourth-order valence-corrected chi connectivity index (χ4v) is 4.37. The van der Waals surface area contributed by atoms with E-state index in [4.69, 9.17) is 9.72 Å². The van der Waals surface area contributed by atoms with Crippen molar-refractivity contribution in [3.05, 3.63) is 87.4 Å². The molecule has 0 amide bonds. The number of hydrogen-bond donors (Lipinski definition) is 1. The maximum atomic E-state index is 12.7. The third kappa shape index (κ3) is 3.61. The largest absolute Gasteiger partial charge is 0.507 e. The van der Waals surface area contributed by atoms with Gasteiger partial charge in [-0.1, -0.05) is 30.3 Å². The van der Waals surface area contributed by atoms with Crippen LogP contribution >= 0.6 is 11.3 Å². The Labute approximate surface area is 173 Å². The number of ether oxygens (including phenoxy) is 1. The van der Waals surface area contributed by atoms with Gasteiger partial charge >= 0.3 is 5.97 Å². The molecule has 0 aliphatic heterocycles. The Morgan fingerprint density at radius 2 is 1.66 bits per heavy atom. The van der Waals surface area contributed by atoms with Gasteiger partial charge in [0.05, 0.1) is 20.8 Å². The molecule has 0 aliphatic carbocycles. The van der Waals surface area contributed by atoms with Gasteiger partial charge in [-0.15, -0.1) is 11.3 Å². The van der Waals surface area contributed by atoms with E-state index in [2.05, 4.69) is 0 Å². The molecule has 0 bridgehead atoms. The van der Waals surface area contributed by atoms with Gasteiger partial charge in [-0.2, -0.15) is 0 Å². The van der Waals surface area contributed by atoms with Crippen molar-refractivity contribution in [1.82, 2.24) is 4.98 Å². The molecule has 5 heteroatoms. The van der Waals surface area contributed by atoms with Gasteiger partial charge in [-0.25, -0.2) is 9.78 Å². The van der Waals surface area contributed by atoms with E-state index in [0.717, 1.165) is 26.4 Å². The summed E-state index contributed by atoms with van der Waals surface area (Å²) in [5.74, 6) is 0.327. The summed E-state index contributed by atoms with van der Waals surface area (Å²) in [6.07, 6.45) is 0.483. The van der Waals surface area contributed by atoms with Crippen molar-refractivity contribution >= 4 is 27.5 Å². The highest BCUT2D eigenvalue weighted by atomic mass is 32.1. The first kappa shape index (κ1) is 19.2. The number of phenolic OH excluding ortho intramolecular Hbond substituents is 1. The van der Waals surface area contributed by atoms with Crippen molar-refractivity contribution in [2.75, 3.05) is 0 Å². The molecule has 1 heterocycles. The number of aromatic hydroxyl groups is 1. The standard InChI is InChI=1S/C24H21NO3S/c1-14-15(2)23(28-24(27)17-9-5-4-6-10-17)18(16(3)22(14)26)13-21-25-19-11-7-8-12-20(19)29-21/h4-12,26H,13H2,1-3H3. The van der Waals surface area contributed by atoms with Crippen LogP contribution in [-0.2, 0) is 6.42 Å². The minimum Gasteiger partial charge on any atom is -0.507 e. The molecule has 4 aromatic rings. The predicted molar refractivity (Wildman–Crippen MR) is 116 cm³/mol. The van der Waals surface area contributed by atoms with Crippen molar-refractivity contribution in [3.63, 3.8) is 0 Å². The molecule has 0 saturated carbocycles. The summed E-state index contributed by atoms with van der Waals surface area (Å²) in [7, 11) is 0. The quantitative estimate of drug-likeness (QED) is 0.349. The molecule has 4 nitrogen and oxygen atoms in total. The van der Waals surface area contributed by atoms with Crippen LogP contribution in [0.1, 0.15) is 37.6 Å². The molecule has 0 aliphatic rings. The zero-order valence-electron chi connectivity index (χ0n) is 16.5. The monoisotopic (exact) mass is 403 g/mol. The number of fused-ring (bicyclic) bond motifs is 1. The van der Waals surface area contributed by atoms with Gasteiger partial charge in [-0.3, -0.25) is 0 Å². The lowest BCUT2D eigenvalue weighted by Gasteiger charge is -2.19. The van der Waals surface area contributed by atoms with Crippen molar-refractivity contribution in [1.29, 1.82) is 0 Å². The number of rotatable bonds is 4. The average molecular weight is 404 g/mol. The summed E-state index contributed by atoms with van der Waals surface area (Å²) in [6.45, 7) is 5.55. The Bertz CT molecular complexity index is 1180. The van der Waals surface area contributed by atoms with Crippen LogP contribution in [0.5, 0.6) is 11.5 Å². The first-order chi connectivity index (χ1) is 14.0. The highest BCUT2D eigenvalue weighted by Crippen LogP contribution is 2.39. The van der Waals surface area contributed by atoms with E-state index >= 15 is 0 Å². The highest BCUT2D eigenvalue weighted by Gasteiger charge is 2.22. The highest BCUT2D eigenvalue weighted by molar-refractivity contribution is 7.18. The minimum absolute atomic E-state index is 0.234. The third-order valence-electron chi connectivity index (χ3n) is 5.21. The van der Waals surface area contributed by atoms with Gasteiger partial charge in [0.2, 0.25) is 0 Å². The fraction of sp³-hybridized carbons (Fsp3) is 0.167. The minimum atomic E-state index is -0.413. The fourth-order valence-electron chi connectivity index (χ4n) is 3.39. The van der Waals surface area contributed by atoms with Crippen molar-refractivity contribution in [3.8, 4) is 11.5 Å². The topological polar surface area (TPSA) is 59.4 Å². The number of carbonyl (C=O) groups excluding carboxylic acids is 1. The van der Waals surface area contributed by atoms with Crippen molar-refractivity contribution in [2.45, 2.75) is 27.2 Å². The Kier molecular flexibility index (Phi) is 5.07. The van der Waals surface area contributed by atoms with Crippen molar-refractivity contribution in [2.24, 2.45) is 0 Å². The number of carbonyl (C=O) groups is 1. The number of thiazole rings is 1. The lowest BCUT2D eigenvalue weighted by Crippen LogP contribution is -2.12. The Morgan fingerprint density at radius 1 is 0.966 bits per heavy atom. The van der Waals surface area contributed by atoms with Gasteiger partial charge in [0.15, 0.2) is 0 Å². The van der Waals surface area contributed by atoms with E-state index in [1.54, 1.807) is 35.6 Å². The molecule has 0 radical (unpaired) electrons. The number of para-hydroxylation sites is 1. The van der Waals surface area contributed by atoms with Crippen LogP contribution in [0.4, 0.5) is 0 Å². The van der Waals surface area contributed by atoms with Crippen LogP contribution in [0, 0.1) is 20.8 Å². The second-order valence-electron chi connectivity index (χ2n) is 7.04. The molecule has 4 rings (SSSR count). The maximum absolute atomic E-state index is 12.7. The van der Waals surface area contributed by atoms with Crippen molar-refractivity contribution < 1.29 is 14.6 Å². The Balaban J connectivity index is 1.78. The van der Waals surface area contributed by atoms with Crippen LogP contribution in [0.15, 0.2) is 54.6 Å². The second-order valence-corrected chi connectivity index (χ2v) is 8.15. The predicted octanol–water partition coefficient (Wildman–Crippen LogP) is 5.74. The van der Waals surface area contributed by atoms with Gasteiger partial charge in [0.25, 0.3) is 0 Å². The van der Waals surface area contributed by atoms with Crippen LogP contribution in [0.25, 0.3) is 10.2 Å². The van der Waals surface area contributed by atoms with E-state index in [1.807, 2.05) is 51.1 Å². The molecule has 0 atom stereocenters. The molecule has 1 N–H and O–H groups in total. The zero-order chi connectivity index (χ0) is 20.5. The Hall–Kier alpha value is -3.18. The molecule has 146 valence electrons. The van der Waals surface area contributed by atoms with E-state index < -0.39 is 5.97 Å². The van der Waals surface area contributed by atoms with E-state index in [9.17, 15) is 9.90 Å². The first-order valence-electron chi connectivity index (χ1n) is 9.39. The summed E-state index contributed by atoms with van der Waals surface area (Å²) < 4.78 is 6.96. The van der Waals surface area contributed by atoms with Crippen LogP contribution < -0.4 is 4.74 Å². The molecule has 0 unspecified atom stereocenters. The van der Waals surface area contributed by atoms with Crippen LogP contribution in [0.3, 0.4) is 0 Å². The number of phenols is 1. The lowest BCUT2D eigenvalue weighted by molar-refractivity contribution is 0.0731. The SMILES string of the molecule is Cc1c(C)c(OC(=O)c2ccccc2)c(Cc2nc3ccccc3s2)c(C)c1O. The Morgan fingerprint density at radius 3 is 2.38 bits per heavy atom. The number of hydrogen-bond acceptors (Lipinski definition) is 5. The van der Waals surface area contributed by atoms with E-state index in [1.165, 1.54) is 0 Å². The van der Waals surface area contributed by atoms with Crippen LogP contribution in [0.2, 0.25) is 0 Å². The molecule has 0 saturated heterocycles. The molecule has 3 aromatic carbocycles. The molecule has 29 heavy (non-hydrogen) atoms. The summed E-state index contributed by atoms with van der Waals surface area (Å²) in [5.41, 5.74) is 4.40.